The van der Waals surface area contributed by atoms with Crippen molar-refractivity contribution < 1.29 is 9.53 Å². The Balaban J connectivity index is 1.78. The van der Waals surface area contributed by atoms with Crippen LogP contribution >= 0.6 is 0 Å². The van der Waals surface area contributed by atoms with Crippen LogP contribution in [0.2, 0.25) is 0 Å². The van der Waals surface area contributed by atoms with Gasteiger partial charge in [0, 0.05) is 0 Å². The molecule has 4 nitrogen and oxygen atoms in total. The van der Waals surface area contributed by atoms with E-state index in [2.05, 4.69) is 5.18 Å². The lowest BCUT2D eigenvalue weighted by molar-refractivity contribution is -0.189. The molecule has 0 N–H and O–H groups in total. The summed E-state index contributed by atoms with van der Waals surface area (Å²) in [5, 5.41) is 3.16. The SMILES string of the molecule is CC(C)(N=O)C(C)(C)OC(=O)C12CC3CC(CC(C3)C1)C2. The Morgan fingerprint density at radius 3 is 1.81 bits per heavy atom. The van der Waals surface area contributed by atoms with Crippen molar-refractivity contribution in [1.29, 1.82) is 0 Å². The first-order valence-electron chi connectivity index (χ1n) is 8.25. The van der Waals surface area contributed by atoms with E-state index in [1.807, 2.05) is 0 Å². The molecular weight excluding hydrogens is 266 g/mol. The van der Waals surface area contributed by atoms with Crippen LogP contribution in [0.25, 0.3) is 0 Å². The van der Waals surface area contributed by atoms with Gasteiger partial charge in [0.15, 0.2) is 0 Å². The maximum atomic E-state index is 12.9. The maximum Gasteiger partial charge on any atom is 0.312 e. The number of esters is 1. The van der Waals surface area contributed by atoms with Gasteiger partial charge in [-0.05, 0) is 84.0 Å². The van der Waals surface area contributed by atoms with Gasteiger partial charge in [0.1, 0.15) is 11.1 Å². The third kappa shape index (κ3) is 2.31. The van der Waals surface area contributed by atoms with Gasteiger partial charge >= 0.3 is 5.97 Å². The Morgan fingerprint density at radius 1 is 1.00 bits per heavy atom. The van der Waals surface area contributed by atoms with Crippen molar-refractivity contribution >= 4 is 5.97 Å². The fraction of sp³-hybridized carbons (Fsp3) is 0.941. The number of hydrogen-bond acceptors (Lipinski definition) is 4. The zero-order valence-electron chi connectivity index (χ0n) is 13.6. The van der Waals surface area contributed by atoms with Crippen LogP contribution in [0.15, 0.2) is 5.18 Å². The first kappa shape index (κ1) is 15.0. The number of ether oxygens (including phenoxy) is 1. The van der Waals surface area contributed by atoms with E-state index in [1.54, 1.807) is 27.7 Å². The summed E-state index contributed by atoms with van der Waals surface area (Å²) in [6.07, 6.45) is 6.88. The Bertz CT molecular complexity index is 431. The van der Waals surface area contributed by atoms with Gasteiger partial charge in [0.25, 0.3) is 0 Å². The minimum absolute atomic E-state index is 0.0803. The highest BCUT2D eigenvalue weighted by molar-refractivity contribution is 5.78. The molecule has 4 aliphatic rings. The molecule has 0 amide bonds. The highest BCUT2D eigenvalue weighted by Crippen LogP contribution is 2.60. The molecule has 0 radical (unpaired) electrons. The van der Waals surface area contributed by atoms with Gasteiger partial charge in [-0.1, -0.05) is 5.18 Å². The summed E-state index contributed by atoms with van der Waals surface area (Å²) < 4.78 is 5.85. The normalized spacial score (nSPS) is 38.4. The molecule has 0 heterocycles. The molecule has 0 spiro atoms. The predicted octanol–water partition coefficient (Wildman–Crippen LogP) is 4.07. The molecule has 118 valence electrons. The van der Waals surface area contributed by atoms with Crippen LogP contribution in [0.4, 0.5) is 0 Å². The smallest absolute Gasteiger partial charge is 0.312 e. The Kier molecular flexibility index (Phi) is 3.23. The summed E-state index contributed by atoms with van der Waals surface area (Å²) in [4.78, 5) is 24.0. The summed E-state index contributed by atoms with van der Waals surface area (Å²) in [7, 11) is 0. The van der Waals surface area contributed by atoms with Crippen LogP contribution in [0.1, 0.15) is 66.2 Å². The van der Waals surface area contributed by atoms with Gasteiger partial charge in [0.05, 0.1) is 5.41 Å². The number of carbonyl (C=O) groups excluding carboxylic acids is 1. The molecule has 0 unspecified atom stereocenters. The average molecular weight is 293 g/mol. The van der Waals surface area contributed by atoms with Crippen LogP contribution in [0.3, 0.4) is 0 Å². The van der Waals surface area contributed by atoms with Gasteiger partial charge in [-0.2, -0.15) is 4.91 Å². The standard InChI is InChI=1S/C17H27NO3/c1-15(2,18-20)16(3,4)21-14(19)17-8-11-5-12(9-17)7-13(6-11)10-17/h11-13H,5-10H2,1-4H3. The van der Waals surface area contributed by atoms with Crippen molar-refractivity contribution in [2.45, 2.75) is 77.4 Å². The minimum atomic E-state index is -0.912. The number of hydrogen-bond donors (Lipinski definition) is 0. The van der Waals surface area contributed by atoms with Gasteiger partial charge in [-0.25, -0.2) is 0 Å². The van der Waals surface area contributed by atoms with Crippen LogP contribution in [0.5, 0.6) is 0 Å². The summed E-state index contributed by atoms with van der Waals surface area (Å²) in [6.45, 7) is 7.06. The Labute approximate surface area is 127 Å². The number of rotatable bonds is 4. The van der Waals surface area contributed by atoms with Gasteiger partial charge < -0.3 is 4.74 Å². The molecule has 4 heteroatoms. The summed E-state index contributed by atoms with van der Waals surface area (Å²) in [6, 6.07) is 0. The largest absolute Gasteiger partial charge is 0.457 e. The van der Waals surface area contributed by atoms with Crippen LogP contribution in [-0.2, 0) is 9.53 Å². The highest BCUT2D eigenvalue weighted by atomic mass is 16.6. The lowest BCUT2D eigenvalue weighted by Crippen LogP contribution is -2.54. The van der Waals surface area contributed by atoms with E-state index in [0.717, 1.165) is 19.3 Å². The predicted molar refractivity (Wildman–Crippen MR) is 80.7 cm³/mol. The van der Waals surface area contributed by atoms with Gasteiger partial charge in [-0.3, -0.25) is 4.79 Å². The first-order chi connectivity index (χ1) is 9.67. The number of carbonyl (C=O) groups is 1. The van der Waals surface area contributed by atoms with Crippen molar-refractivity contribution in [2.75, 3.05) is 0 Å². The molecule has 0 aliphatic heterocycles. The monoisotopic (exact) mass is 293 g/mol. The van der Waals surface area contributed by atoms with Crippen molar-refractivity contribution in [2.24, 2.45) is 28.3 Å². The molecule has 0 atom stereocenters. The van der Waals surface area contributed by atoms with Crippen LogP contribution < -0.4 is 0 Å². The minimum Gasteiger partial charge on any atom is -0.457 e. The third-order valence-corrected chi connectivity index (χ3v) is 6.52. The van der Waals surface area contributed by atoms with Crippen LogP contribution in [0, 0.1) is 28.1 Å². The van der Waals surface area contributed by atoms with E-state index in [4.69, 9.17) is 4.74 Å². The van der Waals surface area contributed by atoms with Crippen LogP contribution in [-0.4, -0.2) is 17.1 Å². The molecule has 0 aromatic rings. The lowest BCUT2D eigenvalue weighted by Gasteiger charge is -2.55. The Morgan fingerprint density at radius 2 is 1.43 bits per heavy atom. The molecule has 0 saturated heterocycles. The van der Waals surface area contributed by atoms with Crippen molar-refractivity contribution in [1.82, 2.24) is 0 Å². The first-order valence-corrected chi connectivity index (χ1v) is 8.25. The summed E-state index contributed by atoms with van der Waals surface area (Å²) in [5.41, 5.74) is -2.05. The quantitative estimate of drug-likeness (QED) is 0.580. The molecule has 21 heavy (non-hydrogen) atoms. The van der Waals surface area contributed by atoms with Crippen molar-refractivity contribution in [3.63, 3.8) is 0 Å². The van der Waals surface area contributed by atoms with E-state index in [0.29, 0.717) is 17.8 Å². The zero-order chi connectivity index (χ0) is 15.5. The number of nitrogens with zero attached hydrogens (tertiary/aromatic N) is 1. The lowest BCUT2D eigenvalue weighted by atomic mass is 9.49. The molecule has 0 aromatic heterocycles. The summed E-state index contributed by atoms with van der Waals surface area (Å²) >= 11 is 0. The van der Waals surface area contributed by atoms with Gasteiger partial charge in [-0.15, -0.1) is 0 Å². The summed E-state index contributed by atoms with van der Waals surface area (Å²) in [5.74, 6) is 2.06. The average Bonchev–Trinajstić information content (AvgIpc) is 2.36. The fourth-order valence-electron chi connectivity index (χ4n) is 4.94. The van der Waals surface area contributed by atoms with E-state index in [9.17, 15) is 9.70 Å². The van der Waals surface area contributed by atoms with E-state index >= 15 is 0 Å². The van der Waals surface area contributed by atoms with E-state index < -0.39 is 11.1 Å². The second kappa shape index (κ2) is 4.53. The molecule has 4 saturated carbocycles. The molecule has 4 aliphatic carbocycles. The molecule has 0 aromatic carbocycles. The van der Waals surface area contributed by atoms with E-state index in [-0.39, 0.29) is 11.4 Å². The third-order valence-electron chi connectivity index (χ3n) is 6.52. The number of nitroso groups, excluding NO2 is 1. The molecule has 4 rings (SSSR count). The molecular formula is C17H27NO3. The second-order valence-electron chi connectivity index (χ2n) is 8.75. The molecule has 4 bridgehead atoms. The molecule has 4 fully saturated rings. The highest BCUT2D eigenvalue weighted by Gasteiger charge is 2.57. The van der Waals surface area contributed by atoms with Gasteiger partial charge in [0.2, 0.25) is 0 Å². The fourth-order valence-corrected chi connectivity index (χ4v) is 4.94. The van der Waals surface area contributed by atoms with Crippen molar-refractivity contribution in [3.8, 4) is 0 Å². The Hall–Kier alpha value is -0.930. The topological polar surface area (TPSA) is 55.7 Å². The zero-order valence-corrected chi connectivity index (χ0v) is 13.6. The second-order valence-corrected chi connectivity index (χ2v) is 8.75. The van der Waals surface area contributed by atoms with Crippen molar-refractivity contribution in [3.05, 3.63) is 4.91 Å². The maximum absolute atomic E-state index is 12.9. The van der Waals surface area contributed by atoms with E-state index in [1.165, 1.54) is 19.3 Å².